The van der Waals surface area contributed by atoms with Crippen molar-refractivity contribution in [2.45, 2.75) is 19.5 Å². The number of nitrogens with one attached hydrogen (secondary N) is 1. The average Bonchev–Trinajstić information content (AvgIpc) is 2.34. The van der Waals surface area contributed by atoms with Crippen molar-refractivity contribution in [2.24, 2.45) is 5.73 Å². The van der Waals surface area contributed by atoms with E-state index in [0.29, 0.717) is 23.7 Å². The number of piperazine rings is 1. The first-order valence-corrected chi connectivity index (χ1v) is 6.53. The molecule has 1 fully saturated rings. The van der Waals surface area contributed by atoms with Crippen LogP contribution in [0.25, 0.3) is 0 Å². The van der Waals surface area contributed by atoms with Gasteiger partial charge in [-0.1, -0.05) is 12.1 Å². The van der Waals surface area contributed by atoms with Crippen molar-refractivity contribution in [3.8, 4) is 0 Å². The Hall–Kier alpha value is -1.46. The minimum absolute atomic E-state index is 0.0987. The Labute approximate surface area is 113 Å². The van der Waals surface area contributed by atoms with Gasteiger partial charge in [-0.25, -0.2) is 4.39 Å². The minimum atomic E-state index is -0.279. The highest BCUT2D eigenvalue weighted by Gasteiger charge is 2.22. The predicted molar refractivity (Wildman–Crippen MR) is 74.8 cm³/mol. The first kappa shape index (κ1) is 14.0. The van der Waals surface area contributed by atoms with Gasteiger partial charge in [0.05, 0.1) is 0 Å². The second-order valence-corrected chi connectivity index (χ2v) is 5.30. The Morgan fingerprint density at radius 1 is 1.47 bits per heavy atom. The number of nitrogen functional groups attached to an aromatic ring is 1. The van der Waals surface area contributed by atoms with E-state index in [1.807, 2.05) is 0 Å². The molecule has 1 unspecified atom stereocenters. The molecule has 1 aromatic rings. The lowest BCUT2D eigenvalue weighted by Crippen LogP contribution is -2.49. The Bertz CT molecular complexity index is 475. The van der Waals surface area contributed by atoms with E-state index in [1.54, 1.807) is 12.1 Å². The Balaban J connectivity index is 2.09. The van der Waals surface area contributed by atoms with Crippen LogP contribution in [0.5, 0.6) is 0 Å². The summed E-state index contributed by atoms with van der Waals surface area (Å²) in [6.45, 7) is 5.74. The first-order valence-electron chi connectivity index (χ1n) is 6.53. The van der Waals surface area contributed by atoms with Crippen molar-refractivity contribution < 1.29 is 4.39 Å². The number of likely N-dealkylation sites (N-methyl/N-ethyl adjacent to an activating group) is 1. The van der Waals surface area contributed by atoms with E-state index in [1.165, 1.54) is 6.07 Å². The molecule has 0 aliphatic carbocycles. The molecule has 0 radical (unpaired) electrons. The fourth-order valence-electron chi connectivity index (χ4n) is 2.47. The smallest absolute Gasteiger partial charge is 0.128 e. The van der Waals surface area contributed by atoms with E-state index in [0.717, 1.165) is 19.6 Å². The number of halogens is 1. The quantitative estimate of drug-likeness (QED) is 0.638. The highest BCUT2D eigenvalue weighted by atomic mass is 19.1. The molecule has 1 heterocycles. The lowest BCUT2D eigenvalue weighted by molar-refractivity contribution is 0.0928. The lowest BCUT2D eigenvalue weighted by atomic mass is 10.1. The van der Waals surface area contributed by atoms with E-state index in [-0.39, 0.29) is 11.7 Å². The van der Waals surface area contributed by atoms with Crippen LogP contribution in [0.2, 0.25) is 0 Å². The Kier molecular flexibility index (Phi) is 4.17. The normalized spacial score (nSPS) is 21.5. The summed E-state index contributed by atoms with van der Waals surface area (Å²) < 4.78 is 14.0. The fourth-order valence-corrected chi connectivity index (χ4v) is 2.47. The summed E-state index contributed by atoms with van der Waals surface area (Å²) in [5, 5.41) is 7.30. The van der Waals surface area contributed by atoms with Crippen molar-refractivity contribution in [3.05, 3.63) is 35.1 Å². The van der Waals surface area contributed by atoms with Crippen molar-refractivity contribution in [3.63, 3.8) is 0 Å². The number of hydrogen-bond donors (Lipinski definition) is 2. The third kappa shape index (κ3) is 3.30. The molecule has 1 aliphatic rings. The molecule has 2 rings (SSSR count). The van der Waals surface area contributed by atoms with Crippen LogP contribution in [0.3, 0.4) is 0 Å². The standard InChI is InChI=1S/C14H21FN4/c1-10-8-18(2)5-6-19(10)9-12-4-3-11(14(16)17)7-13(12)15/h3-4,7,10H,5-6,8-9H2,1-2H3,(H3,16,17). The van der Waals surface area contributed by atoms with Crippen LogP contribution in [0, 0.1) is 11.2 Å². The first-order chi connectivity index (χ1) is 8.97. The molecular weight excluding hydrogens is 243 g/mol. The molecule has 5 heteroatoms. The zero-order chi connectivity index (χ0) is 14.0. The molecule has 1 saturated heterocycles. The molecule has 0 bridgehead atoms. The van der Waals surface area contributed by atoms with Gasteiger partial charge in [-0.3, -0.25) is 10.3 Å². The summed E-state index contributed by atoms with van der Waals surface area (Å²) in [5.41, 5.74) is 6.46. The molecule has 0 spiro atoms. The summed E-state index contributed by atoms with van der Waals surface area (Å²) in [5.74, 6) is -0.378. The average molecular weight is 264 g/mol. The third-order valence-corrected chi connectivity index (χ3v) is 3.71. The summed E-state index contributed by atoms with van der Waals surface area (Å²) in [6.07, 6.45) is 0. The van der Waals surface area contributed by atoms with Gasteiger partial charge in [-0.05, 0) is 20.0 Å². The van der Waals surface area contributed by atoms with Crippen LogP contribution in [0.4, 0.5) is 4.39 Å². The fraction of sp³-hybridized carbons (Fsp3) is 0.500. The topological polar surface area (TPSA) is 56.4 Å². The van der Waals surface area contributed by atoms with Crippen LogP contribution in [0.15, 0.2) is 18.2 Å². The van der Waals surface area contributed by atoms with Crippen LogP contribution in [0.1, 0.15) is 18.1 Å². The van der Waals surface area contributed by atoms with Crippen molar-refractivity contribution in [2.75, 3.05) is 26.7 Å². The highest BCUT2D eigenvalue weighted by Crippen LogP contribution is 2.16. The number of rotatable bonds is 3. The molecule has 19 heavy (non-hydrogen) atoms. The largest absolute Gasteiger partial charge is 0.384 e. The van der Waals surface area contributed by atoms with E-state index in [4.69, 9.17) is 11.1 Å². The highest BCUT2D eigenvalue weighted by molar-refractivity contribution is 5.94. The molecule has 3 N–H and O–H groups in total. The van der Waals surface area contributed by atoms with Gasteiger partial charge in [0.25, 0.3) is 0 Å². The zero-order valence-electron chi connectivity index (χ0n) is 11.5. The van der Waals surface area contributed by atoms with E-state index in [9.17, 15) is 4.39 Å². The van der Waals surface area contributed by atoms with Gasteiger partial charge < -0.3 is 10.6 Å². The van der Waals surface area contributed by atoms with Crippen LogP contribution < -0.4 is 5.73 Å². The summed E-state index contributed by atoms with van der Waals surface area (Å²) in [4.78, 5) is 4.57. The number of nitrogens with two attached hydrogens (primary N) is 1. The van der Waals surface area contributed by atoms with Gasteiger partial charge in [0.1, 0.15) is 11.7 Å². The molecule has 1 atom stereocenters. The van der Waals surface area contributed by atoms with Crippen LogP contribution >= 0.6 is 0 Å². The van der Waals surface area contributed by atoms with Crippen molar-refractivity contribution in [1.29, 1.82) is 5.41 Å². The predicted octanol–water partition coefficient (Wildman–Crippen LogP) is 1.25. The maximum atomic E-state index is 14.0. The second kappa shape index (κ2) is 5.67. The number of nitrogens with zero attached hydrogens (tertiary/aromatic N) is 2. The summed E-state index contributed by atoms with van der Waals surface area (Å²) in [7, 11) is 2.11. The van der Waals surface area contributed by atoms with Crippen LogP contribution in [-0.2, 0) is 6.54 Å². The van der Waals surface area contributed by atoms with Gasteiger partial charge in [0, 0.05) is 43.3 Å². The molecule has 0 aromatic heterocycles. The zero-order valence-corrected chi connectivity index (χ0v) is 11.5. The molecule has 1 aromatic carbocycles. The maximum absolute atomic E-state index is 14.0. The number of benzene rings is 1. The molecule has 1 aliphatic heterocycles. The molecule has 0 saturated carbocycles. The van der Waals surface area contributed by atoms with E-state index in [2.05, 4.69) is 23.8 Å². The van der Waals surface area contributed by atoms with Gasteiger partial charge >= 0.3 is 0 Å². The maximum Gasteiger partial charge on any atom is 0.128 e. The monoisotopic (exact) mass is 264 g/mol. The third-order valence-electron chi connectivity index (χ3n) is 3.71. The molecule has 104 valence electrons. The summed E-state index contributed by atoms with van der Waals surface area (Å²) in [6, 6.07) is 5.21. The Morgan fingerprint density at radius 3 is 2.79 bits per heavy atom. The second-order valence-electron chi connectivity index (χ2n) is 5.30. The molecule has 4 nitrogen and oxygen atoms in total. The van der Waals surface area contributed by atoms with Gasteiger partial charge in [-0.2, -0.15) is 0 Å². The minimum Gasteiger partial charge on any atom is -0.384 e. The van der Waals surface area contributed by atoms with Crippen molar-refractivity contribution in [1.82, 2.24) is 9.80 Å². The van der Waals surface area contributed by atoms with Crippen LogP contribution in [-0.4, -0.2) is 48.4 Å². The number of amidine groups is 1. The van der Waals surface area contributed by atoms with E-state index < -0.39 is 0 Å². The van der Waals surface area contributed by atoms with E-state index >= 15 is 0 Å². The molecule has 0 amide bonds. The Morgan fingerprint density at radius 2 is 2.21 bits per heavy atom. The molecular formula is C14H21FN4. The van der Waals surface area contributed by atoms with Gasteiger partial charge in [0.15, 0.2) is 0 Å². The SMILES string of the molecule is CC1CN(C)CCN1Cc1ccc(C(=N)N)cc1F. The number of hydrogen-bond acceptors (Lipinski definition) is 3. The van der Waals surface area contributed by atoms with Gasteiger partial charge in [-0.15, -0.1) is 0 Å². The van der Waals surface area contributed by atoms with Gasteiger partial charge in [0.2, 0.25) is 0 Å². The summed E-state index contributed by atoms with van der Waals surface area (Å²) >= 11 is 0. The van der Waals surface area contributed by atoms with Crippen molar-refractivity contribution >= 4 is 5.84 Å². The lowest BCUT2D eigenvalue weighted by Gasteiger charge is -2.38.